The molecule has 0 spiro atoms. The Morgan fingerprint density at radius 1 is 1.53 bits per heavy atom. The first-order chi connectivity index (χ1) is 9.31. The number of aliphatic hydroxyl groups is 1. The van der Waals surface area contributed by atoms with E-state index in [-0.39, 0.29) is 12.5 Å². The number of carbonyl (C=O) groups excluding carboxylic acids is 1. The Hall–Kier alpha value is -1.68. The summed E-state index contributed by atoms with van der Waals surface area (Å²) in [6, 6.07) is 1.81. The fourth-order valence-corrected chi connectivity index (χ4v) is 2.70. The Kier molecular flexibility index (Phi) is 5.10. The van der Waals surface area contributed by atoms with Crippen LogP contribution >= 0.6 is 22.7 Å². The van der Waals surface area contributed by atoms with Crippen molar-refractivity contribution < 1.29 is 9.90 Å². The lowest BCUT2D eigenvalue weighted by Crippen LogP contribution is -2.22. The van der Waals surface area contributed by atoms with Crippen molar-refractivity contribution in [3.05, 3.63) is 38.5 Å². The summed E-state index contributed by atoms with van der Waals surface area (Å²) in [6.07, 6.45) is 0.412. The summed E-state index contributed by atoms with van der Waals surface area (Å²) in [4.78, 5) is 16.7. The first-order valence-electron chi connectivity index (χ1n) is 5.63. The molecule has 98 valence electrons. The lowest BCUT2D eigenvalue weighted by Gasteiger charge is -2.01. The summed E-state index contributed by atoms with van der Waals surface area (Å²) in [5.41, 5.74) is 3.29. The van der Waals surface area contributed by atoms with Gasteiger partial charge in [-0.2, -0.15) is 0 Å². The highest BCUT2D eigenvalue weighted by molar-refractivity contribution is 7.12. The number of aromatic nitrogens is 1. The van der Waals surface area contributed by atoms with Crippen LogP contribution in [0.15, 0.2) is 22.3 Å². The summed E-state index contributed by atoms with van der Waals surface area (Å²) in [5.74, 6) is 5.57. The molecule has 0 unspecified atom stereocenters. The Labute approximate surface area is 119 Å². The van der Waals surface area contributed by atoms with Gasteiger partial charge in [-0.05, 0) is 11.4 Å². The van der Waals surface area contributed by atoms with E-state index in [2.05, 4.69) is 22.1 Å². The molecule has 0 atom stereocenters. The van der Waals surface area contributed by atoms with Crippen molar-refractivity contribution in [1.29, 1.82) is 0 Å². The summed E-state index contributed by atoms with van der Waals surface area (Å²) in [6.45, 7) is 0.451. The molecule has 1 amide bonds. The molecule has 0 aliphatic carbocycles. The topological polar surface area (TPSA) is 62.2 Å². The Bertz CT molecular complexity index is 594. The fourth-order valence-electron chi connectivity index (χ4n) is 1.37. The molecule has 19 heavy (non-hydrogen) atoms. The van der Waals surface area contributed by atoms with E-state index in [9.17, 15) is 4.79 Å². The van der Waals surface area contributed by atoms with Crippen LogP contribution in [0.5, 0.6) is 0 Å². The van der Waals surface area contributed by atoms with Crippen LogP contribution in [0.2, 0.25) is 0 Å². The highest BCUT2D eigenvalue weighted by Gasteiger charge is 2.11. The third-order valence-corrected chi connectivity index (χ3v) is 3.79. The Morgan fingerprint density at radius 2 is 2.42 bits per heavy atom. The predicted octanol–water partition coefficient (Wildman–Crippen LogP) is 1.87. The van der Waals surface area contributed by atoms with Crippen molar-refractivity contribution in [2.75, 3.05) is 6.61 Å². The maximum Gasteiger partial charge on any atom is 0.262 e. The van der Waals surface area contributed by atoms with Gasteiger partial charge in [0.2, 0.25) is 0 Å². The van der Waals surface area contributed by atoms with Crippen molar-refractivity contribution >= 4 is 28.6 Å². The van der Waals surface area contributed by atoms with Crippen LogP contribution < -0.4 is 5.32 Å². The van der Waals surface area contributed by atoms with E-state index in [1.54, 1.807) is 5.51 Å². The second-order valence-electron chi connectivity index (χ2n) is 3.60. The average Bonchev–Trinajstić information content (AvgIpc) is 3.07. The third kappa shape index (κ3) is 3.89. The average molecular weight is 292 g/mol. The molecular formula is C13H12N2O2S2. The van der Waals surface area contributed by atoms with Gasteiger partial charge >= 0.3 is 0 Å². The molecule has 2 heterocycles. The van der Waals surface area contributed by atoms with Gasteiger partial charge in [0.15, 0.2) is 0 Å². The van der Waals surface area contributed by atoms with Gasteiger partial charge in [-0.3, -0.25) is 4.79 Å². The van der Waals surface area contributed by atoms with Gasteiger partial charge < -0.3 is 10.4 Å². The number of nitrogens with zero attached hydrogens (tertiary/aromatic N) is 1. The molecule has 2 aromatic heterocycles. The molecule has 0 saturated heterocycles. The van der Waals surface area contributed by atoms with Crippen LogP contribution in [0.4, 0.5) is 0 Å². The summed E-state index contributed by atoms with van der Waals surface area (Å²) < 4.78 is 0. The Balaban J connectivity index is 1.99. The molecule has 0 aromatic carbocycles. The molecular weight excluding hydrogens is 280 g/mol. The standard InChI is InChI=1S/C13H12N2O2S2/c16-5-2-1-3-10-4-6-19-12(10)13(17)14-7-11-8-18-9-15-11/h4,6,8-9,16H,2,5,7H2,(H,14,17). The molecule has 0 saturated carbocycles. The number of amides is 1. The molecule has 0 aliphatic heterocycles. The first kappa shape index (κ1) is 13.7. The molecule has 0 radical (unpaired) electrons. The molecule has 0 bridgehead atoms. The van der Waals surface area contributed by atoms with E-state index in [1.165, 1.54) is 22.7 Å². The van der Waals surface area contributed by atoms with Crippen LogP contribution in [0.25, 0.3) is 0 Å². The van der Waals surface area contributed by atoms with Crippen LogP contribution in [-0.4, -0.2) is 22.6 Å². The third-order valence-electron chi connectivity index (χ3n) is 2.24. The molecule has 0 aliphatic rings. The second-order valence-corrected chi connectivity index (χ2v) is 5.24. The molecule has 2 aromatic rings. The van der Waals surface area contributed by atoms with Gasteiger partial charge in [0.1, 0.15) is 4.88 Å². The van der Waals surface area contributed by atoms with E-state index >= 15 is 0 Å². The molecule has 0 fully saturated rings. The van der Waals surface area contributed by atoms with Crippen LogP contribution in [0, 0.1) is 11.8 Å². The van der Waals surface area contributed by atoms with Crippen molar-refractivity contribution in [1.82, 2.24) is 10.3 Å². The van der Waals surface area contributed by atoms with Crippen LogP contribution in [-0.2, 0) is 6.54 Å². The normalized spacial score (nSPS) is 9.74. The van der Waals surface area contributed by atoms with Gasteiger partial charge in [0, 0.05) is 17.4 Å². The van der Waals surface area contributed by atoms with Crippen molar-refractivity contribution in [3.63, 3.8) is 0 Å². The molecule has 2 N–H and O–H groups in total. The lowest BCUT2D eigenvalue weighted by atomic mass is 10.2. The number of rotatable bonds is 4. The number of carbonyl (C=O) groups is 1. The van der Waals surface area contributed by atoms with E-state index in [4.69, 9.17) is 5.11 Å². The molecule has 2 rings (SSSR count). The summed E-state index contributed by atoms with van der Waals surface area (Å²) in [5, 5.41) is 15.2. The minimum absolute atomic E-state index is 0.0303. The second kappa shape index (κ2) is 7.04. The minimum atomic E-state index is -0.142. The zero-order valence-corrected chi connectivity index (χ0v) is 11.7. The monoisotopic (exact) mass is 292 g/mol. The van der Waals surface area contributed by atoms with Gasteiger partial charge in [0.25, 0.3) is 5.91 Å². The maximum absolute atomic E-state index is 12.0. The van der Waals surface area contributed by atoms with Gasteiger partial charge in [-0.25, -0.2) is 4.98 Å². The van der Waals surface area contributed by atoms with E-state index in [0.717, 1.165) is 5.69 Å². The zero-order valence-electron chi connectivity index (χ0n) is 10.0. The SMILES string of the molecule is O=C(NCc1cscn1)c1sccc1C#CCCO. The van der Waals surface area contributed by atoms with E-state index in [1.807, 2.05) is 16.8 Å². The van der Waals surface area contributed by atoms with Gasteiger partial charge in [-0.1, -0.05) is 11.8 Å². The highest BCUT2D eigenvalue weighted by atomic mass is 32.1. The fraction of sp³-hybridized carbons (Fsp3) is 0.231. The van der Waals surface area contributed by atoms with Crippen LogP contribution in [0.3, 0.4) is 0 Å². The molecule has 4 nitrogen and oxygen atoms in total. The lowest BCUT2D eigenvalue weighted by molar-refractivity contribution is 0.0954. The Morgan fingerprint density at radius 3 is 3.16 bits per heavy atom. The number of nitrogens with one attached hydrogen (secondary N) is 1. The summed E-state index contributed by atoms with van der Waals surface area (Å²) >= 11 is 2.86. The minimum Gasteiger partial charge on any atom is -0.395 e. The van der Waals surface area contributed by atoms with Crippen molar-refractivity contribution in [3.8, 4) is 11.8 Å². The first-order valence-corrected chi connectivity index (χ1v) is 7.46. The van der Waals surface area contributed by atoms with Crippen molar-refractivity contribution in [2.45, 2.75) is 13.0 Å². The smallest absolute Gasteiger partial charge is 0.262 e. The van der Waals surface area contributed by atoms with Gasteiger partial charge in [-0.15, -0.1) is 22.7 Å². The largest absolute Gasteiger partial charge is 0.395 e. The van der Waals surface area contributed by atoms with E-state index in [0.29, 0.717) is 23.4 Å². The number of thiazole rings is 1. The number of hydrogen-bond acceptors (Lipinski definition) is 5. The predicted molar refractivity (Wildman–Crippen MR) is 76.2 cm³/mol. The van der Waals surface area contributed by atoms with E-state index < -0.39 is 0 Å². The van der Waals surface area contributed by atoms with Crippen LogP contribution in [0.1, 0.15) is 27.3 Å². The quantitative estimate of drug-likeness (QED) is 0.846. The zero-order chi connectivity index (χ0) is 13.5. The number of thiophene rings is 1. The van der Waals surface area contributed by atoms with Crippen molar-refractivity contribution in [2.24, 2.45) is 0 Å². The summed E-state index contributed by atoms with van der Waals surface area (Å²) in [7, 11) is 0. The number of aliphatic hydroxyl groups excluding tert-OH is 1. The maximum atomic E-state index is 12.0. The molecule has 6 heteroatoms. The van der Waals surface area contributed by atoms with Gasteiger partial charge in [0.05, 0.1) is 24.4 Å². The highest BCUT2D eigenvalue weighted by Crippen LogP contribution is 2.15. The number of hydrogen-bond donors (Lipinski definition) is 2.